The minimum atomic E-state index is 0.389. The van der Waals surface area contributed by atoms with Crippen molar-refractivity contribution < 1.29 is 4.52 Å². The highest BCUT2D eigenvalue weighted by atomic mass is 35.5. The number of nitrogen functional groups attached to an aromatic ring is 1. The summed E-state index contributed by atoms with van der Waals surface area (Å²) < 4.78 is 5.23. The largest absolute Gasteiger partial charge is 0.396 e. The maximum atomic E-state index is 6.00. The lowest BCUT2D eigenvalue weighted by molar-refractivity contribution is 0.374. The molecule has 1 aromatic carbocycles. The van der Waals surface area contributed by atoms with Crippen molar-refractivity contribution in [3.63, 3.8) is 0 Å². The van der Waals surface area contributed by atoms with Gasteiger partial charge in [-0.3, -0.25) is 0 Å². The van der Waals surface area contributed by atoms with Crippen LogP contribution in [0.25, 0.3) is 0 Å². The first-order valence-electron chi connectivity index (χ1n) is 6.07. The van der Waals surface area contributed by atoms with Crippen LogP contribution in [0.5, 0.6) is 0 Å². The molecule has 0 saturated heterocycles. The Labute approximate surface area is 132 Å². The predicted octanol–water partition coefficient (Wildman–Crippen LogP) is 3.84. The van der Waals surface area contributed by atoms with Gasteiger partial charge in [0, 0.05) is 18.1 Å². The fourth-order valence-corrected chi connectivity index (χ4v) is 2.54. The molecule has 0 amide bonds. The van der Waals surface area contributed by atoms with Crippen LogP contribution in [0.4, 0.5) is 5.69 Å². The molecule has 1 unspecified atom stereocenters. The van der Waals surface area contributed by atoms with E-state index in [0.717, 1.165) is 12.0 Å². The number of nitrogens with zero attached hydrogens (tertiary/aromatic N) is 2. The van der Waals surface area contributed by atoms with E-state index in [2.05, 4.69) is 23.3 Å². The summed E-state index contributed by atoms with van der Waals surface area (Å²) in [6, 6.07) is 3.53. The van der Waals surface area contributed by atoms with Crippen LogP contribution in [-0.4, -0.2) is 21.6 Å². The van der Waals surface area contributed by atoms with Gasteiger partial charge in [-0.15, -0.1) is 0 Å². The van der Waals surface area contributed by atoms with Gasteiger partial charge >= 0.3 is 0 Å². The van der Waals surface area contributed by atoms with Crippen LogP contribution in [0, 0.1) is 0 Å². The molecule has 7 heteroatoms. The van der Waals surface area contributed by atoms with E-state index < -0.39 is 0 Å². The summed E-state index contributed by atoms with van der Waals surface area (Å²) in [7, 11) is 0. The van der Waals surface area contributed by atoms with Crippen molar-refractivity contribution in [2.75, 3.05) is 12.0 Å². The number of anilines is 1. The fourth-order valence-electron chi connectivity index (χ4n) is 1.70. The Kier molecular flexibility index (Phi) is 5.18. The molecule has 0 aliphatic rings. The number of rotatable bonds is 5. The molecule has 0 aliphatic carbocycles. The van der Waals surface area contributed by atoms with Gasteiger partial charge in [0.1, 0.15) is 0 Å². The number of halogens is 2. The van der Waals surface area contributed by atoms with Crippen LogP contribution >= 0.6 is 35.0 Å². The summed E-state index contributed by atoms with van der Waals surface area (Å²) in [5.74, 6) is 1.26. The second-order valence-electron chi connectivity index (χ2n) is 4.50. The third-order valence-corrected chi connectivity index (χ3v) is 4.47. The highest BCUT2D eigenvalue weighted by molar-refractivity contribution is 7.99. The molecule has 1 heterocycles. The van der Waals surface area contributed by atoms with Crippen molar-refractivity contribution in [1.82, 2.24) is 10.1 Å². The van der Waals surface area contributed by atoms with E-state index in [4.69, 9.17) is 33.5 Å². The molecule has 1 aromatic heterocycles. The van der Waals surface area contributed by atoms with Gasteiger partial charge < -0.3 is 10.3 Å². The second kappa shape index (κ2) is 6.70. The fraction of sp³-hybridized carbons (Fsp3) is 0.385. The molecule has 2 rings (SSSR count). The molecule has 2 aromatic rings. The third-order valence-electron chi connectivity index (χ3n) is 2.88. The molecule has 108 valence electrons. The summed E-state index contributed by atoms with van der Waals surface area (Å²) in [6.45, 7) is 2.12. The molecule has 20 heavy (non-hydrogen) atoms. The van der Waals surface area contributed by atoms with E-state index in [1.165, 1.54) is 0 Å². The number of benzene rings is 1. The van der Waals surface area contributed by atoms with E-state index in [1.54, 1.807) is 23.9 Å². The van der Waals surface area contributed by atoms with Crippen molar-refractivity contribution >= 4 is 40.7 Å². The Hall–Kier alpha value is -0.910. The average Bonchev–Trinajstić information content (AvgIpc) is 2.83. The predicted molar refractivity (Wildman–Crippen MR) is 84.7 cm³/mol. The third kappa shape index (κ3) is 3.81. The van der Waals surface area contributed by atoms with Gasteiger partial charge in [-0.2, -0.15) is 16.7 Å². The topological polar surface area (TPSA) is 64.9 Å². The smallest absolute Gasteiger partial charge is 0.227 e. The average molecular weight is 332 g/mol. The van der Waals surface area contributed by atoms with Crippen molar-refractivity contribution in [2.45, 2.75) is 25.0 Å². The first-order valence-corrected chi connectivity index (χ1v) is 8.11. The number of hydrogen-bond donors (Lipinski definition) is 1. The Bertz CT molecular complexity index is 580. The number of thioether (sulfide) groups is 1. The molecule has 0 bridgehead atoms. The van der Waals surface area contributed by atoms with Crippen LogP contribution in [0.2, 0.25) is 10.0 Å². The van der Waals surface area contributed by atoms with E-state index in [9.17, 15) is 0 Å². The minimum absolute atomic E-state index is 0.389. The first kappa shape index (κ1) is 15.5. The van der Waals surface area contributed by atoms with Crippen LogP contribution in [0.3, 0.4) is 0 Å². The summed E-state index contributed by atoms with van der Waals surface area (Å²) in [6.07, 6.45) is 3.33. The summed E-state index contributed by atoms with van der Waals surface area (Å²) in [5.41, 5.74) is 6.99. The maximum absolute atomic E-state index is 6.00. The van der Waals surface area contributed by atoms with Gasteiger partial charge in [0.05, 0.1) is 15.7 Å². The standard InChI is InChI=1S/C13H15Cl2N3OS/c1-7(20-2)3-12-17-11(18-19-12)6-8-4-9(14)13(16)10(15)5-8/h4-5,7H,3,6,16H2,1-2H3. The number of aromatic nitrogens is 2. The van der Waals surface area contributed by atoms with Crippen LogP contribution in [0.15, 0.2) is 16.7 Å². The van der Waals surface area contributed by atoms with Gasteiger partial charge in [0.2, 0.25) is 5.89 Å². The zero-order valence-corrected chi connectivity index (χ0v) is 13.5. The van der Waals surface area contributed by atoms with Crippen molar-refractivity contribution in [3.05, 3.63) is 39.5 Å². The molecular weight excluding hydrogens is 317 g/mol. The Morgan fingerprint density at radius 1 is 1.35 bits per heavy atom. The van der Waals surface area contributed by atoms with Crippen LogP contribution < -0.4 is 5.73 Å². The maximum Gasteiger partial charge on any atom is 0.227 e. The van der Waals surface area contributed by atoms with Gasteiger partial charge in [-0.1, -0.05) is 35.3 Å². The highest BCUT2D eigenvalue weighted by Gasteiger charge is 2.12. The highest BCUT2D eigenvalue weighted by Crippen LogP contribution is 2.29. The van der Waals surface area contributed by atoms with E-state index in [1.807, 2.05) is 0 Å². The van der Waals surface area contributed by atoms with E-state index in [-0.39, 0.29) is 0 Å². The van der Waals surface area contributed by atoms with Crippen LogP contribution in [0.1, 0.15) is 24.2 Å². The minimum Gasteiger partial charge on any atom is -0.396 e. The summed E-state index contributed by atoms with van der Waals surface area (Å²) in [4.78, 5) is 4.37. The van der Waals surface area contributed by atoms with Gasteiger partial charge in [0.15, 0.2) is 5.82 Å². The lowest BCUT2D eigenvalue weighted by Gasteiger charge is -2.04. The summed E-state index contributed by atoms with van der Waals surface area (Å²) >= 11 is 13.8. The molecule has 2 N–H and O–H groups in total. The molecule has 0 aliphatic heterocycles. The Morgan fingerprint density at radius 2 is 2.00 bits per heavy atom. The molecule has 0 fully saturated rings. The molecule has 0 saturated carbocycles. The monoisotopic (exact) mass is 331 g/mol. The SMILES string of the molecule is CSC(C)Cc1nc(Cc2cc(Cl)c(N)c(Cl)c2)no1. The van der Waals surface area contributed by atoms with Crippen LogP contribution in [-0.2, 0) is 12.8 Å². The van der Waals surface area contributed by atoms with Crippen molar-refractivity contribution in [2.24, 2.45) is 0 Å². The zero-order chi connectivity index (χ0) is 14.7. The molecule has 0 radical (unpaired) electrons. The second-order valence-corrected chi connectivity index (χ2v) is 6.60. The quantitative estimate of drug-likeness (QED) is 0.843. The molecule has 4 nitrogen and oxygen atoms in total. The van der Waals surface area contributed by atoms with Crippen molar-refractivity contribution in [1.29, 1.82) is 0 Å². The molecular formula is C13H15Cl2N3OS. The Morgan fingerprint density at radius 3 is 2.60 bits per heavy atom. The van der Waals surface area contributed by atoms with Crippen molar-refractivity contribution in [3.8, 4) is 0 Å². The lowest BCUT2D eigenvalue weighted by Crippen LogP contribution is -2.01. The number of hydrogen-bond acceptors (Lipinski definition) is 5. The van der Waals surface area contributed by atoms with E-state index in [0.29, 0.717) is 39.1 Å². The van der Waals surface area contributed by atoms with E-state index >= 15 is 0 Å². The van der Waals surface area contributed by atoms with Gasteiger partial charge in [0.25, 0.3) is 0 Å². The van der Waals surface area contributed by atoms with Gasteiger partial charge in [-0.25, -0.2) is 0 Å². The van der Waals surface area contributed by atoms with Gasteiger partial charge in [-0.05, 0) is 24.0 Å². The normalized spacial score (nSPS) is 12.6. The first-order chi connectivity index (χ1) is 9.49. The summed E-state index contributed by atoms with van der Waals surface area (Å²) in [5, 5.41) is 5.29. The molecule has 1 atom stereocenters. The Balaban J connectivity index is 2.11. The lowest BCUT2D eigenvalue weighted by atomic mass is 10.1. The number of nitrogens with two attached hydrogens (primary N) is 1. The zero-order valence-electron chi connectivity index (χ0n) is 11.2. The molecule has 0 spiro atoms.